The summed E-state index contributed by atoms with van der Waals surface area (Å²) in [6, 6.07) is 14.8. The molecule has 0 radical (unpaired) electrons. The molecule has 9 heteroatoms. The van der Waals surface area contributed by atoms with E-state index in [-0.39, 0.29) is 11.7 Å². The number of esters is 1. The zero-order chi connectivity index (χ0) is 35.1. The number of nitrogens with zero attached hydrogens (tertiary/aromatic N) is 4. The zero-order valence-electron chi connectivity index (χ0n) is 30.4. The van der Waals surface area contributed by atoms with Crippen LogP contribution in [-0.2, 0) is 19.0 Å². The van der Waals surface area contributed by atoms with Crippen molar-refractivity contribution in [3.05, 3.63) is 77.0 Å². The molecule has 1 fully saturated rings. The van der Waals surface area contributed by atoms with Crippen molar-refractivity contribution < 1.29 is 23.7 Å². The van der Waals surface area contributed by atoms with Crippen molar-refractivity contribution in [2.45, 2.75) is 98.1 Å². The molecule has 2 aromatic carbocycles. The van der Waals surface area contributed by atoms with E-state index in [0.717, 1.165) is 53.2 Å². The van der Waals surface area contributed by atoms with Crippen LogP contribution in [0.1, 0.15) is 82.4 Å². The third kappa shape index (κ3) is 7.38. The molecule has 0 N–H and O–H groups in total. The Morgan fingerprint density at radius 2 is 1.73 bits per heavy atom. The molecule has 49 heavy (non-hydrogen) atoms. The van der Waals surface area contributed by atoms with E-state index < -0.39 is 17.7 Å². The van der Waals surface area contributed by atoms with Crippen molar-refractivity contribution >= 4 is 17.4 Å². The summed E-state index contributed by atoms with van der Waals surface area (Å²) in [6.45, 7) is 18.2. The maximum Gasteiger partial charge on any atom is 0.339 e. The number of piperidine rings is 1. The Balaban J connectivity index is 1.56. The fourth-order valence-electron chi connectivity index (χ4n) is 6.72. The molecule has 7 rings (SSSR count). The van der Waals surface area contributed by atoms with E-state index in [1.807, 2.05) is 38.3 Å². The topological polar surface area (TPSA) is 87.4 Å². The Kier molecular flexibility index (Phi) is 9.61. The molecule has 6 bridgehead atoms. The number of carbonyl (C=O) groups is 1. The van der Waals surface area contributed by atoms with Crippen LogP contribution in [0.3, 0.4) is 0 Å². The standard InChI is InChI=1S/C40H50N4O5/c1-25-21-31-29-14-12-15-30(23-29)32-24-34-41-28(4)35(36(38(45)46-9)49-39(5,6)7)37(44(34)42-32)43-18-16-40(8,17-19-43)47-20-11-10-13-27(3)48-33(31)22-26(25)2/h10-12,14-15,21-24,27,36H,13,16-20H2,1-9H3/b11-10-/t27-,36-/m0/s1. The summed E-state index contributed by atoms with van der Waals surface area (Å²) in [6.07, 6.45) is 5.64. The quantitative estimate of drug-likeness (QED) is 0.160. The molecular formula is C40H50N4O5. The lowest BCUT2D eigenvalue weighted by Gasteiger charge is -2.41. The number of anilines is 1. The predicted octanol–water partition coefficient (Wildman–Crippen LogP) is 8.12. The molecule has 1 saturated heterocycles. The lowest BCUT2D eigenvalue weighted by Crippen LogP contribution is -2.45. The number of hydrogen-bond acceptors (Lipinski definition) is 8. The number of aromatic nitrogens is 3. The minimum absolute atomic E-state index is 0.0128. The summed E-state index contributed by atoms with van der Waals surface area (Å²) in [5.74, 6) is 1.18. The Bertz CT molecular complexity index is 1880. The van der Waals surface area contributed by atoms with Crippen molar-refractivity contribution in [1.29, 1.82) is 0 Å². The van der Waals surface area contributed by atoms with Crippen LogP contribution in [0.2, 0.25) is 0 Å². The zero-order valence-corrected chi connectivity index (χ0v) is 30.4. The highest BCUT2D eigenvalue weighted by atomic mass is 16.6. The van der Waals surface area contributed by atoms with E-state index >= 15 is 0 Å². The normalized spacial score (nSPS) is 21.2. The molecule has 0 saturated carbocycles. The van der Waals surface area contributed by atoms with Gasteiger partial charge in [-0.3, -0.25) is 0 Å². The van der Waals surface area contributed by atoms with E-state index in [9.17, 15) is 4.79 Å². The first-order chi connectivity index (χ1) is 23.2. The van der Waals surface area contributed by atoms with Gasteiger partial charge in [-0.05, 0) is 103 Å². The Labute approximate surface area is 290 Å². The minimum atomic E-state index is -0.987. The highest BCUT2D eigenvalue weighted by molar-refractivity contribution is 5.81. The smallest absolute Gasteiger partial charge is 0.339 e. The number of methoxy groups -OCH3 is 1. The van der Waals surface area contributed by atoms with Crippen LogP contribution < -0.4 is 9.64 Å². The minimum Gasteiger partial charge on any atom is -0.490 e. The maximum atomic E-state index is 13.4. The average Bonchev–Trinajstić information content (AvgIpc) is 3.47. The van der Waals surface area contributed by atoms with E-state index in [0.29, 0.717) is 36.6 Å². The molecule has 9 nitrogen and oxygen atoms in total. The maximum absolute atomic E-state index is 13.4. The fourth-order valence-corrected chi connectivity index (χ4v) is 6.72. The molecule has 4 aromatic rings. The third-order valence-corrected chi connectivity index (χ3v) is 9.63. The van der Waals surface area contributed by atoms with Crippen LogP contribution in [0.25, 0.3) is 28.0 Å². The summed E-state index contributed by atoms with van der Waals surface area (Å²) < 4.78 is 26.7. The van der Waals surface area contributed by atoms with Gasteiger partial charge in [0.15, 0.2) is 11.8 Å². The van der Waals surface area contributed by atoms with E-state index in [1.165, 1.54) is 18.2 Å². The number of hydrogen-bond donors (Lipinski definition) is 0. The third-order valence-electron chi connectivity index (χ3n) is 9.63. The van der Waals surface area contributed by atoms with Gasteiger partial charge in [0.1, 0.15) is 11.6 Å². The molecule has 0 unspecified atom stereocenters. The summed E-state index contributed by atoms with van der Waals surface area (Å²) in [5, 5.41) is 5.19. The predicted molar refractivity (Wildman–Crippen MR) is 193 cm³/mol. The SMILES string of the molecule is COC(=O)[C@@H](OC(C)(C)C)c1c(C)nc2cc3nn2c1N1CCC(C)(CC1)OC/C=C\C[C@H](C)Oc1cc(C)c(C)cc1-c1cccc-3c1. The number of aryl methyl sites for hydroxylation is 3. The molecule has 2 aromatic heterocycles. The second-order valence-corrected chi connectivity index (χ2v) is 14.8. The van der Waals surface area contributed by atoms with Crippen LogP contribution in [0, 0.1) is 20.8 Å². The lowest BCUT2D eigenvalue weighted by atomic mass is 9.92. The van der Waals surface area contributed by atoms with Crippen LogP contribution >= 0.6 is 0 Å². The first-order valence-corrected chi connectivity index (χ1v) is 17.3. The molecule has 0 spiro atoms. The van der Waals surface area contributed by atoms with Gasteiger partial charge in [0.25, 0.3) is 0 Å². The molecular weight excluding hydrogens is 616 g/mol. The lowest BCUT2D eigenvalue weighted by molar-refractivity contribution is -0.164. The molecule has 5 heterocycles. The van der Waals surface area contributed by atoms with Crippen LogP contribution in [0.5, 0.6) is 5.75 Å². The van der Waals surface area contributed by atoms with Crippen molar-refractivity contribution in [2.24, 2.45) is 0 Å². The summed E-state index contributed by atoms with van der Waals surface area (Å²) in [4.78, 5) is 20.7. The van der Waals surface area contributed by atoms with Gasteiger partial charge in [0.2, 0.25) is 0 Å². The van der Waals surface area contributed by atoms with Gasteiger partial charge >= 0.3 is 5.97 Å². The Morgan fingerprint density at radius 3 is 2.45 bits per heavy atom. The second-order valence-electron chi connectivity index (χ2n) is 14.8. The van der Waals surface area contributed by atoms with Crippen molar-refractivity contribution in [3.8, 4) is 28.1 Å². The van der Waals surface area contributed by atoms with Crippen LogP contribution in [-0.4, -0.2) is 64.7 Å². The van der Waals surface area contributed by atoms with Gasteiger partial charge in [0.05, 0.1) is 42.3 Å². The number of fused-ring (bicyclic) bond motifs is 7. The van der Waals surface area contributed by atoms with E-state index in [1.54, 1.807) is 0 Å². The summed E-state index contributed by atoms with van der Waals surface area (Å²) in [7, 11) is 1.39. The van der Waals surface area contributed by atoms with Crippen LogP contribution in [0.15, 0.2) is 54.6 Å². The number of carbonyl (C=O) groups excluding carboxylic acids is 1. The highest BCUT2D eigenvalue weighted by Gasteiger charge is 2.38. The molecule has 2 atom stereocenters. The van der Waals surface area contributed by atoms with Crippen LogP contribution in [0.4, 0.5) is 5.82 Å². The first kappa shape index (κ1) is 34.6. The second kappa shape index (κ2) is 13.6. The molecule has 3 aliphatic rings. The van der Waals surface area contributed by atoms with Crippen molar-refractivity contribution in [2.75, 3.05) is 31.7 Å². The van der Waals surface area contributed by atoms with Crippen molar-refractivity contribution in [1.82, 2.24) is 14.6 Å². The van der Waals surface area contributed by atoms with Gasteiger partial charge < -0.3 is 23.8 Å². The molecule has 0 aliphatic carbocycles. The van der Waals surface area contributed by atoms with Gasteiger partial charge in [-0.15, -0.1) is 0 Å². The van der Waals surface area contributed by atoms with Crippen molar-refractivity contribution in [3.63, 3.8) is 0 Å². The van der Waals surface area contributed by atoms with Gasteiger partial charge in [-0.25, -0.2) is 9.78 Å². The molecule has 260 valence electrons. The van der Waals surface area contributed by atoms with Gasteiger partial charge in [0, 0.05) is 42.4 Å². The first-order valence-electron chi connectivity index (χ1n) is 17.3. The molecule has 0 amide bonds. The number of rotatable bonds is 3. The van der Waals surface area contributed by atoms with Gasteiger partial charge in [-0.1, -0.05) is 30.4 Å². The summed E-state index contributed by atoms with van der Waals surface area (Å²) in [5.41, 5.74) is 7.35. The molecule has 3 aliphatic heterocycles. The van der Waals surface area contributed by atoms with E-state index in [4.69, 9.17) is 29.0 Å². The Morgan fingerprint density at radius 1 is 1.02 bits per heavy atom. The number of ether oxygens (including phenoxy) is 4. The summed E-state index contributed by atoms with van der Waals surface area (Å²) >= 11 is 0. The van der Waals surface area contributed by atoms with E-state index in [2.05, 4.69) is 81.1 Å². The fraction of sp³-hybridized carbons (Fsp3) is 0.475. The monoisotopic (exact) mass is 666 g/mol. The Hall–Kier alpha value is -4.21. The average molecular weight is 667 g/mol. The highest BCUT2D eigenvalue weighted by Crippen LogP contribution is 2.40. The number of benzene rings is 2. The largest absolute Gasteiger partial charge is 0.490 e. The van der Waals surface area contributed by atoms with Gasteiger partial charge in [-0.2, -0.15) is 9.61 Å².